The molecule has 36 heavy (non-hydrogen) atoms. The Hall–Kier alpha value is -3.45. The zero-order chi connectivity index (χ0) is 25.9. The predicted octanol–water partition coefficient (Wildman–Crippen LogP) is 3.97. The van der Waals surface area contributed by atoms with Crippen LogP contribution in [0.5, 0.6) is 17.2 Å². The van der Waals surface area contributed by atoms with Gasteiger partial charge in [0.2, 0.25) is 17.6 Å². The van der Waals surface area contributed by atoms with Crippen molar-refractivity contribution < 1.29 is 37.3 Å². The number of ether oxygens (including phenoxy) is 2. The average molecular weight is 539 g/mol. The quantitative estimate of drug-likeness (QED) is 0.484. The van der Waals surface area contributed by atoms with Gasteiger partial charge in [0.05, 0.1) is 36.4 Å². The van der Waals surface area contributed by atoms with E-state index in [0.717, 1.165) is 46.2 Å². The second-order valence-electron chi connectivity index (χ2n) is 8.08. The van der Waals surface area contributed by atoms with Crippen molar-refractivity contribution in [1.29, 1.82) is 0 Å². The van der Waals surface area contributed by atoms with Gasteiger partial charge in [-0.2, -0.15) is 13.2 Å². The molecule has 13 heteroatoms. The van der Waals surface area contributed by atoms with Crippen LogP contribution in [0, 0.1) is 5.92 Å². The van der Waals surface area contributed by atoms with Crippen molar-refractivity contribution in [3.8, 4) is 17.2 Å². The Morgan fingerprint density at radius 2 is 1.69 bits per heavy atom. The van der Waals surface area contributed by atoms with Gasteiger partial charge in [-0.05, 0) is 35.9 Å². The Labute approximate surface area is 209 Å². The van der Waals surface area contributed by atoms with Crippen molar-refractivity contribution in [3.05, 3.63) is 62.1 Å². The number of nitrogens with zero attached hydrogens (tertiary/aromatic N) is 1. The molecule has 1 aromatic heterocycles. The van der Waals surface area contributed by atoms with E-state index in [0.29, 0.717) is 15.5 Å². The molecular formula is C23H17F3N2O6S2. The fourth-order valence-corrected chi connectivity index (χ4v) is 7.06. The topological polar surface area (TPSA) is 109 Å². The van der Waals surface area contributed by atoms with Gasteiger partial charge in [-0.3, -0.25) is 14.4 Å². The third-order valence-electron chi connectivity index (χ3n) is 6.12. The average Bonchev–Trinajstić information content (AvgIpc) is 3.33. The summed E-state index contributed by atoms with van der Waals surface area (Å²) in [7, 11) is 2.66. The number of nitrogens with one attached hydrogen (secondary N) is 1. The van der Waals surface area contributed by atoms with Crippen molar-refractivity contribution >= 4 is 40.6 Å². The molecule has 3 heterocycles. The maximum atomic E-state index is 13.7. The molecule has 1 fully saturated rings. The van der Waals surface area contributed by atoms with E-state index >= 15 is 0 Å². The van der Waals surface area contributed by atoms with Crippen LogP contribution in [0.4, 0.5) is 18.9 Å². The third kappa shape index (κ3) is 3.73. The normalized spacial score (nSPS) is 21.4. The first-order valence-corrected chi connectivity index (χ1v) is 12.1. The minimum absolute atomic E-state index is 0.0510. The monoisotopic (exact) mass is 538 g/mol. The number of thioether (sulfide) groups is 1. The zero-order valence-electron chi connectivity index (χ0n) is 18.6. The molecule has 8 nitrogen and oxygen atoms in total. The van der Waals surface area contributed by atoms with Gasteiger partial charge in [-0.25, -0.2) is 4.90 Å². The summed E-state index contributed by atoms with van der Waals surface area (Å²) >= 11 is 1.87. The van der Waals surface area contributed by atoms with E-state index < -0.39 is 40.6 Å². The number of H-pyrrole nitrogens is 1. The number of methoxy groups -OCH3 is 2. The third-order valence-corrected chi connectivity index (χ3v) is 8.52. The Bertz CT molecular complexity index is 1430. The first-order chi connectivity index (χ1) is 17.0. The standard InChI is InChI=1S/C23H17F3N2O6S2/c1-33-12-6-9(7-13(34-2)16(12)29)14-15-18(35-19-17(14)36-22(32)27-19)21(31)28(20(15)30)11-5-3-4-10(8-11)23(24,25)26/h3-8,14-15,18,29H,1-2H3,(H,27,32). The number of carbonyl (C=O) groups is 2. The maximum Gasteiger partial charge on any atom is 0.416 e. The number of aromatic hydroxyl groups is 1. The number of benzene rings is 2. The summed E-state index contributed by atoms with van der Waals surface area (Å²) < 4.78 is 50.4. The highest BCUT2D eigenvalue weighted by Gasteiger charge is 2.56. The fraction of sp³-hybridized carbons (Fsp3) is 0.261. The number of aromatic nitrogens is 1. The second kappa shape index (κ2) is 8.59. The van der Waals surface area contributed by atoms with E-state index in [1.165, 1.54) is 32.4 Å². The molecule has 2 N–H and O–H groups in total. The van der Waals surface area contributed by atoms with Crippen molar-refractivity contribution in [2.75, 3.05) is 19.1 Å². The number of phenols is 1. The summed E-state index contributed by atoms with van der Waals surface area (Å²) in [5, 5.41) is 9.74. The van der Waals surface area contributed by atoms with Crippen molar-refractivity contribution in [2.24, 2.45) is 5.92 Å². The summed E-state index contributed by atoms with van der Waals surface area (Å²) in [5.41, 5.74) is -0.747. The number of anilines is 1. The number of halogens is 3. The maximum absolute atomic E-state index is 13.7. The van der Waals surface area contributed by atoms with Gasteiger partial charge in [0, 0.05) is 10.8 Å². The van der Waals surface area contributed by atoms with E-state index in [4.69, 9.17) is 9.47 Å². The summed E-state index contributed by atoms with van der Waals surface area (Å²) in [6.07, 6.45) is -4.66. The van der Waals surface area contributed by atoms with E-state index in [2.05, 4.69) is 4.98 Å². The molecule has 3 atom stereocenters. The summed E-state index contributed by atoms with van der Waals surface area (Å²) in [6, 6.07) is 6.98. The number of thiazole rings is 1. The Balaban J connectivity index is 1.66. The number of rotatable bonds is 4. The number of aromatic amines is 1. The van der Waals surface area contributed by atoms with Gasteiger partial charge >= 0.3 is 11.0 Å². The summed E-state index contributed by atoms with van der Waals surface area (Å²) in [6.45, 7) is 0. The van der Waals surface area contributed by atoms with Crippen LogP contribution in [0.15, 0.2) is 46.2 Å². The first-order valence-electron chi connectivity index (χ1n) is 10.4. The second-order valence-corrected chi connectivity index (χ2v) is 10.3. The molecule has 2 aliphatic rings. The van der Waals surface area contributed by atoms with Crippen LogP contribution < -0.4 is 19.2 Å². The van der Waals surface area contributed by atoms with Crippen LogP contribution in [-0.4, -0.2) is 41.4 Å². The molecule has 2 aromatic carbocycles. The SMILES string of the molecule is COc1cc(C2c3sc(=O)[nH]c3SC3C(=O)N(c4cccc(C(F)(F)F)c4)C(=O)C32)cc(OC)c1O. The van der Waals surface area contributed by atoms with Gasteiger partial charge in [-0.1, -0.05) is 29.2 Å². The van der Waals surface area contributed by atoms with Gasteiger partial charge in [0.1, 0.15) is 5.25 Å². The highest BCUT2D eigenvalue weighted by atomic mass is 32.2. The van der Waals surface area contributed by atoms with Crippen molar-refractivity contribution in [1.82, 2.24) is 4.98 Å². The molecule has 0 aliphatic carbocycles. The Kier molecular flexibility index (Phi) is 5.79. The lowest BCUT2D eigenvalue weighted by Gasteiger charge is -2.30. The predicted molar refractivity (Wildman–Crippen MR) is 125 cm³/mol. The lowest BCUT2D eigenvalue weighted by atomic mass is 9.83. The number of alkyl halides is 3. The molecule has 5 rings (SSSR count). The van der Waals surface area contributed by atoms with Crippen LogP contribution in [0.2, 0.25) is 0 Å². The molecule has 0 saturated carbocycles. The number of carbonyl (C=O) groups excluding carboxylic acids is 2. The number of amides is 2. The molecule has 1 saturated heterocycles. The van der Waals surface area contributed by atoms with E-state index in [1.807, 2.05) is 0 Å². The van der Waals surface area contributed by atoms with Gasteiger partial charge in [0.15, 0.2) is 11.5 Å². The summed E-state index contributed by atoms with van der Waals surface area (Å²) in [4.78, 5) is 42.9. The molecule has 3 aromatic rings. The molecular weight excluding hydrogens is 521 g/mol. The number of imide groups is 1. The molecule has 3 unspecified atom stereocenters. The Morgan fingerprint density at radius 1 is 1.03 bits per heavy atom. The minimum atomic E-state index is -4.66. The molecule has 0 radical (unpaired) electrons. The smallest absolute Gasteiger partial charge is 0.416 e. The number of fused-ring (bicyclic) bond motifs is 2. The Morgan fingerprint density at radius 3 is 2.31 bits per heavy atom. The van der Waals surface area contributed by atoms with Gasteiger partial charge < -0.3 is 19.6 Å². The van der Waals surface area contributed by atoms with E-state index in [9.17, 15) is 32.7 Å². The highest BCUT2D eigenvalue weighted by Crippen LogP contribution is 2.54. The van der Waals surface area contributed by atoms with Crippen molar-refractivity contribution in [3.63, 3.8) is 0 Å². The van der Waals surface area contributed by atoms with E-state index in [1.54, 1.807) is 0 Å². The number of phenolic OH excluding ortho intramolecular Hbond substituents is 1. The van der Waals surface area contributed by atoms with Crippen LogP contribution in [0.25, 0.3) is 0 Å². The van der Waals surface area contributed by atoms with Crippen LogP contribution in [-0.2, 0) is 15.8 Å². The van der Waals surface area contributed by atoms with Crippen LogP contribution in [0.1, 0.15) is 21.9 Å². The van der Waals surface area contributed by atoms with Crippen molar-refractivity contribution in [2.45, 2.75) is 22.4 Å². The molecule has 2 aliphatic heterocycles. The molecule has 0 bridgehead atoms. The lowest BCUT2D eigenvalue weighted by molar-refractivity contribution is -0.137. The summed E-state index contributed by atoms with van der Waals surface area (Å²) in [5.74, 6) is -3.41. The zero-order valence-corrected chi connectivity index (χ0v) is 20.2. The lowest BCUT2D eigenvalue weighted by Crippen LogP contribution is -2.32. The van der Waals surface area contributed by atoms with Gasteiger partial charge in [0.25, 0.3) is 0 Å². The molecule has 2 amide bonds. The minimum Gasteiger partial charge on any atom is -0.502 e. The highest BCUT2D eigenvalue weighted by molar-refractivity contribution is 8.00. The fourth-order valence-electron chi connectivity index (χ4n) is 4.55. The molecule has 0 spiro atoms. The first kappa shape index (κ1) is 24.3. The molecule has 188 valence electrons. The largest absolute Gasteiger partial charge is 0.502 e. The van der Waals surface area contributed by atoms with Crippen LogP contribution >= 0.6 is 23.1 Å². The van der Waals surface area contributed by atoms with Gasteiger partial charge in [-0.15, -0.1) is 0 Å². The van der Waals surface area contributed by atoms with Crippen LogP contribution in [0.3, 0.4) is 0 Å². The number of hydrogen-bond donors (Lipinski definition) is 2. The van der Waals surface area contributed by atoms with E-state index in [-0.39, 0.29) is 27.8 Å². The number of hydrogen-bond acceptors (Lipinski definition) is 8.